The Morgan fingerprint density at radius 2 is 2.14 bits per heavy atom. The van der Waals surface area contributed by atoms with E-state index in [2.05, 4.69) is 5.43 Å². The SMILES string of the molecule is CC(=O)N1NC(=O)Cc2ccccc21. The van der Waals surface area contributed by atoms with Crippen molar-refractivity contribution >= 4 is 17.5 Å². The van der Waals surface area contributed by atoms with Crippen molar-refractivity contribution in [2.75, 3.05) is 5.01 Å². The van der Waals surface area contributed by atoms with Gasteiger partial charge >= 0.3 is 0 Å². The molecule has 0 radical (unpaired) electrons. The van der Waals surface area contributed by atoms with Gasteiger partial charge in [-0.05, 0) is 11.6 Å². The molecular weight excluding hydrogens is 180 g/mol. The number of carbonyl (C=O) groups is 2. The second-order valence-corrected chi connectivity index (χ2v) is 3.19. The van der Waals surface area contributed by atoms with Gasteiger partial charge in [-0.25, -0.2) is 5.01 Å². The molecule has 0 aliphatic carbocycles. The molecule has 0 unspecified atom stereocenters. The molecule has 1 N–H and O–H groups in total. The molecule has 0 atom stereocenters. The molecule has 1 aromatic carbocycles. The molecule has 2 rings (SSSR count). The van der Waals surface area contributed by atoms with Crippen LogP contribution in [0.15, 0.2) is 24.3 Å². The summed E-state index contributed by atoms with van der Waals surface area (Å²) in [5.74, 6) is -0.343. The van der Waals surface area contributed by atoms with E-state index in [9.17, 15) is 9.59 Å². The molecule has 14 heavy (non-hydrogen) atoms. The Morgan fingerprint density at radius 3 is 2.86 bits per heavy atom. The summed E-state index contributed by atoms with van der Waals surface area (Å²) < 4.78 is 0. The molecule has 0 bridgehead atoms. The zero-order valence-corrected chi connectivity index (χ0v) is 7.78. The van der Waals surface area contributed by atoms with Crippen molar-refractivity contribution in [3.05, 3.63) is 29.8 Å². The first kappa shape index (κ1) is 8.74. The number of hydrogen-bond donors (Lipinski definition) is 1. The molecule has 4 heteroatoms. The van der Waals surface area contributed by atoms with Gasteiger partial charge in [-0.1, -0.05) is 18.2 Å². The number of hydrazine groups is 1. The van der Waals surface area contributed by atoms with Gasteiger partial charge in [0.1, 0.15) is 0 Å². The molecule has 72 valence electrons. The fraction of sp³-hybridized carbons (Fsp3) is 0.200. The average Bonchev–Trinajstić information content (AvgIpc) is 2.16. The van der Waals surface area contributed by atoms with Crippen molar-refractivity contribution in [3.63, 3.8) is 0 Å². The maximum Gasteiger partial charge on any atom is 0.243 e. The van der Waals surface area contributed by atoms with E-state index < -0.39 is 0 Å². The Morgan fingerprint density at radius 1 is 1.43 bits per heavy atom. The molecule has 1 heterocycles. The fourth-order valence-electron chi connectivity index (χ4n) is 1.52. The lowest BCUT2D eigenvalue weighted by molar-refractivity contribution is -0.125. The zero-order valence-electron chi connectivity index (χ0n) is 7.78. The van der Waals surface area contributed by atoms with Gasteiger partial charge in [-0.15, -0.1) is 0 Å². The van der Waals surface area contributed by atoms with Gasteiger partial charge in [0.25, 0.3) is 0 Å². The minimum atomic E-state index is -0.189. The first-order valence-electron chi connectivity index (χ1n) is 4.36. The number of hydrogen-bond acceptors (Lipinski definition) is 2. The number of nitrogens with zero attached hydrogens (tertiary/aromatic N) is 1. The van der Waals surface area contributed by atoms with Crippen LogP contribution in [0.25, 0.3) is 0 Å². The van der Waals surface area contributed by atoms with E-state index in [-0.39, 0.29) is 11.8 Å². The Bertz CT molecular complexity index is 401. The molecule has 0 aromatic heterocycles. The third-order valence-corrected chi connectivity index (χ3v) is 2.13. The molecule has 0 spiro atoms. The van der Waals surface area contributed by atoms with Crippen LogP contribution in [0.1, 0.15) is 12.5 Å². The van der Waals surface area contributed by atoms with Crippen LogP contribution in [0.2, 0.25) is 0 Å². The van der Waals surface area contributed by atoms with Gasteiger partial charge < -0.3 is 0 Å². The predicted octanol–water partition coefficient (Wildman–Crippen LogP) is 0.627. The summed E-state index contributed by atoms with van der Waals surface area (Å²) in [7, 11) is 0. The molecular formula is C10H10N2O2. The number of nitrogens with one attached hydrogen (secondary N) is 1. The number of para-hydroxylation sites is 1. The van der Waals surface area contributed by atoms with Crippen LogP contribution < -0.4 is 10.4 Å². The van der Waals surface area contributed by atoms with E-state index in [0.29, 0.717) is 6.42 Å². The van der Waals surface area contributed by atoms with E-state index in [0.717, 1.165) is 11.3 Å². The van der Waals surface area contributed by atoms with Gasteiger partial charge in [0, 0.05) is 6.92 Å². The summed E-state index contributed by atoms with van der Waals surface area (Å²) in [6, 6.07) is 7.36. The zero-order chi connectivity index (χ0) is 10.1. The summed E-state index contributed by atoms with van der Waals surface area (Å²) in [6.07, 6.45) is 0.333. The van der Waals surface area contributed by atoms with Crippen molar-refractivity contribution in [2.45, 2.75) is 13.3 Å². The highest BCUT2D eigenvalue weighted by Gasteiger charge is 2.23. The summed E-state index contributed by atoms with van der Waals surface area (Å²) in [5.41, 5.74) is 4.16. The van der Waals surface area contributed by atoms with Gasteiger partial charge in [0.2, 0.25) is 11.8 Å². The Kier molecular flexibility index (Phi) is 1.96. The second kappa shape index (κ2) is 3.14. The van der Waals surface area contributed by atoms with Crippen molar-refractivity contribution < 1.29 is 9.59 Å². The molecule has 1 aromatic rings. The number of carbonyl (C=O) groups excluding carboxylic acids is 2. The summed E-state index contributed by atoms with van der Waals surface area (Å²) in [5, 5.41) is 1.28. The van der Waals surface area contributed by atoms with E-state index in [1.54, 1.807) is 0 Å². The van der Waals surface area contributed by atoms with Gasteiger partial charge in [0.05, 0.1) is 12.1 Å². The quantitative estimate of drug-likeness (QED) is 0.652. The smallest absolute Gasteiger partial charge is 0.243 e. The minimum absolute atomic E-state index is 0.154. The van der Waals surface area contributed by atoms with Crippen molar-refractivity contribution in [1.82, 2.24) is 5.43 Å². The first-order chi connectivity index (χ1) is 6.68. The molecule has 0 saturated heterocycles. The van der Waals surface area contributed by atoms with Gasteiger partial charge in [0.15, 0.2) is 0 Å². The molecule has 0 saturated carbocycles. The van der Waals surface area contributed by atoms with Crippen LogP contribution in [0.5, 0.6) is 0 Å². The molecule has 1 aliphatic heterocycles. The van der Waals surface area contributed by atoms with Gasteiger partial charge in [-0.2, -0.15) is 0 Å². The predicted molar refractivity (Wildman–Crippen MR) is 51.4 cm³/mol. The Balaban J connectivity index is 2.48. The Hall–Kier alpha value is -1.84. The standard InChI is InChI=1S/C10H10N2O2/c1-7(13)12-9-5-3-2-4-8(9)6-10(14)11-12/h2-5H,6H2,1H3,(H,11,14). The highest BCUT2D eigenvalue weighted by Crippen LogP contribution is 2.22. The highest BCUT2D eigenvalue weighted by atomic mass is 16.2. The van der Waals surface area contributed by atoms with Crippen molar-refractivity contribution in [2.24, 2.45) is 0 Å². The van der Waals surface area contributed by atoms with E-state index in [1.807, 2.05) is 24.3 Å². The van der Waals surface area contributed by atoms with Crippen LogP contribution in [-0.4, -0.2) is 11.8 Å². The number of anilines is 1. The molecule has 0 fully saturated rings. The number of benzene rings is 1. The monoisotopic (exact) mass is 190 g/mol. The Labute approximate surface area is 81.5 Å². The van der Waals surface area contributed by atoms with E-state index >= 15 is 0 Å². The van der Waals surface area contributed by atoms with Gasteiger partial charge in [-0.3, -0.25) is 15.0 Å². The third-order valence-electron chi connectivity index (χ3n) is 2.13. The lowest BCUT2D eigenvalue weighted by Crippen LogP contribution is -2.49. The minimum Gasteiger partial charge on any atom is -0.273 e. The van der Waals surface area contributed by atoms with E-state index in [1.165, 1.54) is 11.9 Å². The van der Waals surface area contributed by atoms with Crippen LogP contribution in [-0.2, 0) is 16.0 Å². The fourth-order valence-corrected chi connectivity index (χ4v) is 1.52. The number of rotatable bonds is 0. The summed E-state index contributed by atoms with van der Waals surface area (Å²) >= 11 is 0. The van der Waals surface area contributed by atoms with Crippen LogP contribution in [0, 0.1) is 0 Å². The topological polar surface area (TPSA) is 49.4 Å². The normalized spacial score (nSPS) is 14.6. The lowest BCUT2D eigenvalue weighted by atomic mass is 10.1. The maximum atomic E-state index is 11.2. The second-order valence-electron chi connectivity index (χ2n) is 3.19. The van der Waals surface area contributed by atoms with Crippen molar-refractivity contribution in [3.8, 4) is 0 Å². The summed E-state index contributed by atoms with van der Waals surface area (Å²) in [4.78, 5) is 22.5. The molecule has 4 nitrogen and oxygen atoms in total. The number of amides is 2. The molecule has 1 aliphatic rings. The lowest BCUT2D eigenvalue weighted by Gasteiger charge is -2.28. The van der Waals surface area contributed by atoms with Crippen molar-refractivity contribution in [1.29, 1.82) is 0 Å². The van der Waals surface area contributed by atoms with Crippen LogP contribution in [0.3, 0.4) is 0 Å². The first-order valence-corrected chi connectivity index (χ1v) is 4.36. The van der Waals surface area contributed by atoms with Crippen LogP contribution in [0.4, 0.5) is 5.69 Å². The largest absolute Gasteiger partial charge is 0.273 e. The van der Waals surface area contributed by atoms with E-state index in [4.69, 9.17) is 0 Å². The molecule has 2 amide bonds. The maximum absolute atomic E-state index is 11.2. The third kappa shape index (κ3) is 1.35. The number of fused-ring (bicyclic) bond motifs is 1. The highest BCUT2D eigenvalue weighted by molar-refractivity contribution is 5.99. The van der Waals surface area contributed by atoms with Crippen LogP contribution >= 0.6 is 0 Å². The summed E-state index contributed by atoms with van der Waals surface area (Å²) in [6.45, 7) is 1.42. The average molecular weight is 190 g/mol.